The van der Waals surface area contributed by atoms with Crippen LogP contribution in [0.5, 0.6) is 0 Å². The van der Waals surface area contributed by atoms with Crippen LogP contribution in [-0.2, 0) is 14.4 Å². The third-order valence-corrected chi connectivity index (χ3v) is 4.09. The van der Waals surface area contributed by atoms with Gasteiger partial charge in [-0.2, -0.15) is 0 Å². The van der Waals surface area contributed by atoms with Gasteiger partial charge in [-0.25, -0.2) is 0 Å². The Morgan fingerprint density at radius 1 is 1.27 bits per heavy atom. The largest absolute Gasteiger partial charge is 0.368 e. The summed E-state index contributed by atoms with van der Waals surface area (Å²) < 4.78 is 0. The molecule has 4 N–H and O–H groups in total. The molecule has 0 aromatic carbocycles. The third-order valence-electron chi connectivity index (χ3n) is 4.09. The van der Waals surface area contributed by atoms with Gasteiger partial charge in [-0.3, -0.25) is 14.4 Å². The van der Waals surface area contributed by atoms with Crippen LogP contribution in [0.3, 0.4) is 0 Å². The van der Waals surface area contributed by atoms with Crippen molar-refractivity contribution in [2.24, 2.45) is 11.1 Å². The maximum atomic E-state index is 12.8. The first-order valence-electron chi connectivity index (χ1n) is 7.67. The monoisotopic (exact) mass is 312 g/mol. The van der Waals surface area contributed by atoms with Crippen LogP contribution in [0.25, 0.3) is 0 Å². The summed E-state index contributed by atoms with van der Waals surface area (Å²) in [6.07, 6.45) is 1.33. The van der Waals surface area contributed by atoms with E-state index in [0.29, 0.717) is 13.0 Å². The molecule has 3 amide bonds. The van der Waals surface area contributed by atoms with Gasteiger partial charge in [0, 0.05) is 6.54 Å². The van der Waals surface area contributed by atoms with Gasteiger partial charge in [0.25, 0.3) is 0 Å². The molecule has 7 heteroatoms. The second-order valence-electron chi connectivity index (χ2n) is 6.91. The fourth-order valence-electron chi connectivity index (χ4n) is 2.54. The molecule has 0 radical (unpaired) electrons. The molecule has 22 heavy (non-hydrogen) atoms. The minimum absolute atomic E-state index is 0.245. The number of likely N-dealkylation sites (tertiary alicyclic amines) is 1. The summed E-state index contributed by atoms with van der Waals surface area (Å²) in [7, 11) is 1.68. The smallest absolute Gasteiger partial charge is 0.246 e. The molecule has 1 fully saturated rings. The number of amides is 3. The molecule has 0 aromatic heterocycles. The van der Waals surface area contributed by atoms with Crippen molar-refractivity contribution < 1.29 is 14.4 Å². The van der Waals surface area contributed by atoms with Gasteiger partial charge in [0.1, 0.15) is 12.1 Å². The second kappa shape index (κ2) is 7.09. The van der Waals surface area contributed by atoms with Gasteiger partial charge in [0.2, 0.25) is 17.7 Å². The maximum Gasteiger partial charge on any atom is 0.246 e. The minimum Gasteiger partial charge on any atom is -0.368 e. The van der Waals surface area contributed by atoms with E-state index in [1.54, 1.807) is 14.0 Å². The molecule has 0 aliphatic carbocycles. The molecule has 126 valence electrons. The average Bonchev–Trinajstić information content (AvgIpc) is 2.91. The van der Waals surface area contributed by atoms with Crippen LogP contribution in [-0.4, -0.2) is 54.3 Å². The van der Waals surface area contributed by atoms with Crippen LogP contribution < -0.4 is 16.4 Å². The number of primary amides is 1. The lowest BCUT2D eigenvalue weighted by atomic mass is 9.85. The van der Waals surface area contributed by atoms with Crippen LogP contribution in [0.4, 0.5) is 0 Å². The molecule has 0 spiro atoms. The van der Waals surface area contributed by atoms with Crippen molar-refractivity contribution >= 4 is 17.7 Å². The lowest BCUT2D eigenvalue weighted by molar-refractivity contribution is -0.143. The van der Waals surface area contributed by atoms with Crippen molar-refractivity contribution in [3.63, 3.8) is 0 Å². The Morgan fingerprint density at radius 3 is 2.32 bits per heavy atom. The molecule has 7 nitrogen and oxygen atoms in total. The number of nitrogens with zero attached hydrogens (tertiary/aromatic N) is 1. The third kappa shape index (κ3) is 4.19. The predicted octanol–water partition coefficient (Wildman–Crippen LogP) is -0.398. The number of carbonyl (C=O) groups is 3. The van der Waals surface area contributed by atoms with E-state index in [9.17, 15) is 14.4 Å². The Bertz CT molecular complexity index is 445. The fourth-order valence-corrected chi connectivity index (χ4v) is 2.54. The summed E-state index contributed by atoms with van der Waals surface area (Å²) >= 11 is 0. The Kier molecular flexibility index (Phi) is 5.93. The van der Waals surface area contributed by atoms with Gasteiger partial charge >= 0.3 is 0 Å². The SMILES string of the molecule is CN[C@@H](C)C(=O)N[C@@H](C(=O)N1CCC[C@H]1C(N)=O)C(C)(C)C. The van der Waals surface area contributed by atoms with Crippen LogP contribution in [0.15, 0.2) is 0 Å². The summed E-state index contributed by atoms with van der Waals surface area (Å²) in [5, 5.41) is 5.64. The van der Waals surface area contributed by atoms with E-state index < -0.39 is 29.4 Å². The number of nitrogens with two attached hydrogens (primary N) is 1. The van der Waals surface area contributed by atoms with E-state index >= 15 is 0 Å². The quantitative estimate of drug-likeness (QED) is 0.642. The van der Waals surface area contributed by atoms with Gasteiger partial charge in [-0.1, -0.05) is 20.8 Å². The summed E-state index contributed by atoms with van der Waals surface area (Å²) in [5.41, 5.74) is 4.91. The van der Waals surface area contributed by atoms with Crippen molar-refractivity contribution in [1.82, 2.24) is 15.5 Å². The van der Waals surface area contributed by atoms with E-state index in [1.807, 2.05) is 20.8 Å². The number of nitrogens with one attached hydrogen (secondary N) is 2. The molecule has 0 bridgehead atoms. The topological polar surface area (TPSA) is 105 Å². The highest BCUT2D eigenvalue weighted by molar-refractivity contribution is 5.93. The van der Waals surface area contributed by atoms with Crippen LogP contribution in [0.2, 0.25) is 0 Å². The standard InChI is InChI=1S/C15H28N4O3/c1-9(17-5)13(21)18-11(15(2,3)4)14(22)19-8-6-7-10(19)12(16)20/h9-11,17H,6-8H2,1-5H3,(H2,16,20)(H,18,21)/t9-,10-,11-/m0/s1. The van der Waals surface area contributed by atoms with Crippen molar-refractivity contribution in [2.45, 2.75) is 58.7 Å². The normalized spacial score (nSPS) is 21.3. The second-order valence-corrected chi connectivity index (χ2v) is 6.91. The fraction of sp³-hybridized carbons (Fsp3) is 0.800. The highest BCUT2D eigenvalue weighted by Gasteiger charge is 2.41. The number of hydrogen-bond donors (Lipinski definition) is 3. The summed E-state index contributed by atoms with van der Waals surface area (Å²) in [6.45, 7) is 7.87. The molecular formula is C15H28N4O3. The van der Waals surface area contributed by atoms with Crippen molar-refractivity contribution in [3.8, 4) is 0 Å². The molecule has 0 saturated carbocycles. The van der Waals surface area contributed by atoms with E-state index in [-0.39, 0.29) is 11.8 Å². The zero-order valence-electron chi connectivity index (χ0n) is 14.1. The summed E-state index contributed by atoms with van der Waals surface area (Å²) in [4.78, 5) is 38.0. The molecule has 3 atom stereocenters. The molecule has 1 aliphatic heterocycles. The van der Waals surface area contributed by atoms with Gasteiger partial charge < -0.3 is 21.3 Å². The van der Waals surface area contributed by atoms with E-state index in [4.69, 9.17) is 5.73 Å². The van der Waals surface area contributed by atoms with Gasteiger partial charge in [0.15, 0.2) is 0 Å². The predicted molar refractivity (Wildman–Crippen MR) is 83.8 cm³/mol. The first-order chi connectivity index (χ1) is 10.1. The first kappa shape index (κ1) is 18.4. The molecule has 1 heterocycles. The number of rotatable bonds is 5. The van der Waals surface area contributed by atoms with Crippen LogP contribution in [0.1, 0.15) is 40.5 Å². The van der Waals surface area contributed by atoms with Gasteiger partial charge in [0.05, 0.1) is 6.04 Å². The summed E-state index contributed by atoms with van der Waals surface area (Å²) in [5.74, 6) is -0.982. The number of carbonyl (C=O) groups excluding carboxylic acids is 3. The van der Waals surface area contributed by atoms with Crippen LogP contribution >= 0.6 is 0 Å². The van der Waals surface area contributed by atoms with Crippen LogP contribution in [0, 0.1) is 5.41 Å². The van der Waals surface area contributed by atoms with Gasteiger partial charge in [-0.05, 0) is 32.2 Å². The van der Waals surface area contributed by atoms with E-state index in [0.717, 1.165) is 6.42 Å². The Morgan fingerprint density at radius 2 is 1.86 bits per heavy atom. The maximum absolute atomic E-state index is 12.8. The zero-order valence-corrected chi connectivity index (χ0v) is 14.1. The van der Waals surface area contributed by atoms with Crippen molar-refractivity contribution in [3.05, 3.63) is 0 Å². The molecule has 0 aromatic rings. The van der Waals surface area contributed by atoms with E-state index in [1.165, 1.54) is 4.90 Å². The zero-order chi connectivity index (χ0) is 17.1. The van der Waals surface area contributed by atoms with E-state index in [2.05, 4.69) is 10.6 Å². The van der Waals surface area contributed by atoms with Crippen molar-refractivity contribution in [1.29, 1.82) is 0 Å². The molecular weight excluding hydrogens is 284 g/mol. The lowest BCUT2D eigenvalue weighted by Crippen LogP contribution is -2.59. The first-order valence-corrected chi connectivity index (χ1v) is 7.67. The Labute approximate surface area is 132 Å². The Hall–Kier alpha value is -1.63. The minimum atomic E-state index is -0.698. The Balaban J connectivity index is 2.95. The molecule has 0 unspecified atom stereocenters. The van der Waals surface area contributed by atoms with Gasteiger partial charge in [-0.15, -0.1) is 0 Å². The number of hydrogen-bond acceptors (Lipinski definition) is 4. The molecule has 1 rings (SSSR count). The molecule has 1 saturated heterocycles. The highest BCUT2D eigenvalue weighted by Crippen LogP contribution is 2.25. The lowest BCUT2D eigenvalue weighted by Gasteiger charge is -2.35. The molecule has 1 aliphatic rings. The number of likely N-dealkylation sites (N-methyl/N-ethyl adjacent to an activating group) is 1. The van der Waals surface area contributed by atoms with Crippen molar-refractivity contribution in [2.75, 3.05) is 13.6 Å². The average molecular weight is 312 g/mol. The highest BCUT2D eigenvalue weighted by atomic mass is 16.2. The summed E-state index contributed by atoms with van der Waals surface area (Å²) in [6, 6.07) is -1.67.